The molecule has 92 valence electrons. The van der Waals surface area contributed by atoms with Crippen LogP contribution in [0.5, 0.6) is 0 Å². The Morgan fingerprint density at radius 3 is 2.72 bits per heavy atom. The number of fused-ring (bicyclic) bond motifs is 2. The van der Waals surface area contributed by atoms with Gasteiger partial charge in [0.25, 0.3) is 0 Å². The van der Waals surface area contributed by atoms with Gasteiger partial charge in [0.2, 0.25) is 0 Å². The van der Waals surface area contributed by atoms with Gasteiger partial charge >= 0.3 is 0 Å². The van der Waals surface area contributed by atoms with E-state index in [0.717, 1.165) is 19.4 Å². The highest BCUT2D eigenvalue weighted by atomic mass is 16.5. The van der Waals surface area contributed by atoms with Gasteiger partial charge < -0.3 is 4.74 Å². The number of methoxy groups -OCH3 is 1. The molecule has 2 aromatic carbocycles. The first-order chi connectivity index (χ1) is 8.88. The van der Waals surface area contributed by atoms with Crippen molar-refractivity contribution < 1.29 is 4.74 Å². The van der Waals surface area contributed by atoms with Crippen molar-refractivity contribution in [1.82, 2.24) is 0 Å². The average Bonchev–Trinajstić information content (AvgIpc) is 2.43. The molecule has 0 aromatic heterocycles. The van der Waals surface area contributed by atoms with Gasteiger partial charge in [0, 0.05) is 13.7 Å². The van der Waals surface area contributed by atoms with E-state index in [2.05, 4.69) is 48.6 Å². The van der Waals surface area contributed by atoms with Crippen molar-refractivity contribution in [3.8, 4) is 0 Å². The smallest absolute Gasteiger partial charge is 0.0468 e. The van der Waals surface area contributed by atoms with Crippen molar-refractivity contribution in [2.45, 2.75) is 18.8 Å². The summed E-state index contributed by atoms with van der Waals surface area (Å²) in [7, 11) is 1.78. The minimum atomic E-state index is 0.606. The summed E-state index contributed by atoms with van der Waals surface area (Å²) >= 11 is 0. The fourth-order valence-corrected chi connectivity index (χ4v) is 2.79. The Labute approximate surface area is 108 Å². The summed E-state index contributed by atoms with van der Waals surface area (Å²) in [4.78, 5) is 0. The molecule has 0 saturated heterocycles. The lowest BCUT2D eigenvalue weighted by molar-refractivity contribution is 0.187. The molecule has 3 rings (SSSR count). The topological polar surface area (TPSA) is 9.23 Å². The molecule has 0 saturated carbocycles. The molecule has 2 aromatic rings. The van der Waals surface area contributed by atoms with Crippen LogP contribution in [0.25, 0.3) is 16.8 Å². The highest BCUT2D eigenvalue weighted by Crippen LogP contribution is 2.34. The zero-order chi connectivity index (χ0) is 12.4. The van der Waals surface area contributed by atoms with Gasteiger partial charge in [-0.25, -0.2) is 0 Å². The van der Waals surface area contributed by atoms with E-state index in [1.54, 1.807) is 7.11 Å². The lowest BCUT2D eigenvalue weighted by atomic mass is 9.84. The fraction of sp³-hybridized carbons (Fsp3) is 0.294. The van der Waals surface area contributed by atoms with Gasteiger partial charge in [0.05, 0.1) is 0 Å². The van der Waals surface area contributed by atoms with Crippen LogP contribution in [0.1, 0.15) is 29.9 Å². The van der Waals surface area contributed by atoms with Crippen LogP contribution in [0.2, 0.25) is 0 Å². The van der Waals surface area contributed by atoms with Gasteiger partial charge in [0.15, 0.2) is 0 Å². The first kappa shape index (κ1) is 11.5. The van der Waals surface area contributed by atoms with Crippen LogP contribution in [0, 0.1) is 0 Å². The standard InChI is InChI=1S/C17H18O/c1-18-10-9-13-7-4-8-16-11-14-5-2-3-6-15(14)12-17(13)16/h2-6,8,11-13H,7,9-10H2,1H3. The number of allylic oxidation sites excluding steroid dienone is 1. The second kappa shape index (κ2) is 4.95. The fourth-order valence-electron chi connectivity index (χ4n) is 2.79. The molecule has 1 aliphatic rings. The molecular weight excluding hydrogens is 220 g/mol. The summed E-state index contributed by atoms with van der Waals surface area (Å²) in [5, 5.41) is 2.67. The zero-order valence-electron chi connectivity index (χ0n) is 10.7. The maximum atomic E-state index is 5.22. The molecule has 0 aliphatic heterocycles. The maximum absolute atomic E-state index is 5.22. The Morgan fingerprint density at radius 1 is 1.17 bits per heavy atom. The number of ether oxygens (including phenoxy) is 1. The molecule has 0 fully saturated rings. The van der Waals surface area contributed by atoms with Crippen LogP contribution >= 0.6 is 0 Å². The predicted octanol–water partition coefficient (Wildman–Crippen LogP) is 4.38. The Balaban J connectivity index is 2.05. The van der Waals surface area contributed by atoms with Crippen molar-refractivity contribution in [3.05, 3.63) is 53.6 Å². The molecule has 1 unspecified atom stereocenters. The molecule has 1 atom stereocenters. The Hall–Kier alpha value is -1.60. The highest BCUT2D eigenvalue weighted by Gasteiger charge is 2.17. The van der Waals surface area contributed by atoms with E-state index in [1.807, 2.05) is 0 Å². The van der Waals surface area contributed by atoms with Crippen LogP contribution in [-0.4, -0.2) is 13.7 Å². The summed E-state index contributed by atoms with van der Waals surface area (Å²) in [6.45, 7) is 0.838. The third-order valence-electron chi connectivity index (χ3n) is 3.78. The molecule has 0 radical (unpaired) electrons. The number of hydrogen-bond donors (Lipinski definition) is 0. The van der Waals surface area contributed by atoms with Crippen molar-refractivity contribution >= 4 is 16.8 Å². The van der Waals surface area contributed by atoms with Crippen molar-refractivity contribution in [3.63, 3.8) is 0 Å². The minimum Gasteiger partial charge on any atom is -0.385 e. The monoisotopic (exact) mass is 238 g/mol. The minimum absolute atomic E-state index is 0.606. The second-order valence-corrected chi connectivity index (χ2v) is 4.94. The highest BCUT2D eigenvalue weighted by molar-refractivity contribution is 5.86. The average molecular weight is 238 g/mol. The van der Waals surface area contributed by atoms with E-state index >= 15 is 0 Å². The lowest BCUT2D eigenvalue weighted by Gasteiger charge is -2.22. The number of benzene rings is 2. The van der Waals surface area contributed by atoms with E-state index in [4.69, 9.17) is 4.74 Å². The van der Waals surface area contributed by atoms with Crippen molar-refractivity contribution in [2.24, 2.45) is 0 Å². The van der Waals surface area contributed by atoms with E-state index in [1.165, 1.54) is 21.9 Å². The van der Waals surface area contributed by atoms with Crippen LogP contribution in [0.3, 0.4) is 0 Å². The van der Waals surface area contributed by atoms with E-state index < -0.39 is 0 Å². The van der Waals surface area contributed by atoms with Gasteiger partial charge in [-0.2, -0.15) is 0 Å². The van der Waals surface area contributed by atoms with Gasteiger partial charge in [-0.3, -0.25) is 0 Å². The SMILES string of the molecule is COCCC1CC=Cc2cc3ccccc3cc21. The van der Waals surface area contributed by atoms with E-state index in [0.29, 0.717) is 5.92 Å². The molecule has 1 nitrogen and oxygen atoms in total. The molecule has 1 heteroatoms. The largest absolute Gasteiger partial charge is 0.385 e. The molecule has 0 spiro atoms. The van der Waals surface area contributed by atoms with E-state index in [9.17, 15) is 0 Å². The van der Waals surface area contributed by atoms with Gasteiger partial charge in [-0.1, -0.05) is 42.5 Å². The summed E-state index contributed by atoms with van der Waals surface area (Å²) < 4.78 is 5.22. The summed E-state index contributed by atoms with van der Waals surface area (Å²) in [6.07, 6.45) is 6.78. The molecular formula is C17H18O. The Kier molecular flexibility index (Phi) is 3.16. The Bertz CT molecular complexity index is 583. The molecule has 0 bridgehead atoms. The van der Waals surface area contributed by atoms with Gasteiger partial charge in [-0.05, 0) is 46.7 Å². The lowest BCUT2D eigenvalue weighted by Crippen LogP contribution is -2.06. The molecule has 0 heterocycles. The number of hydrogen-bond acceptors (Lipinski definition) is 1. The van der Waals surface area contributed by atoms with Crippen molar-refractivity contribution in [2.75, 3.05) is 13.7 Å². The number of rotatable bonds is 3. The first-order valence-electron chi connectivity index (χ1n) is 6.56. The maximum Gasteiger partial charge on any atom is 0.0468 e. The summed E-state index contributed by atoms with van der Waals surface area (Å²) in [6, 6.07) is 13.2. The third kappa shape index (κ3) is 2.06. The van der Waals surface area contributed by atoms with E-state index in [-0.39, 0.29) is 0 Å². The third-order valence-corrected chi connectivity index (χ3v) is 3.78. The van der Waals surface area contributed by atoms with Crippen molar-refractivity contribution in [1.29, 1.82) is 0 Å². The zero-order valence-corrected chi connectivity index (χ0v) is 10.7. The van der Waals surface area contributed by atoms with Gasteiger partial charge in [0.1, 0.15) is 0 Å². The van der Waals surface area contributed by atoms with Crippen LogP contribution in [-0.2, 0) is 4.74 Å². The second-order valence-electron chi connectivity index (χ2n) is 4.94. The van der Waals surface area contributed by atoms with Crippen LogP contribution in [0.15, 0.2) is 42.5 Å². The Morgan fingerprint density at radius 2 is 1.94 bits per heavy atom. The normalized spacial score (nSPS) is 17.9. The molecule has 0 amide bonds. The van der Waals surface area contributed by atoms with Crippen LogP contribution < -0.4 is 0 Å². The summed E-state index contributed by atoms with van der Waals surface area (Å²) in [5.74, 6) is 0.606. The first-order valence-corrected chi connectivity index (χ1v) is 6.56. The molecule has 1 aliphatic carbocycles. The summed E-state index contributed by atoms with van der Waals surface area (Å²) in [5.41, 5.74) is 2.86. The van der Waals surface area contributed by atoms with Crippen LogP contribution in [0.4, 0.5) is 0 Å². The predicted molar refractivity (Wildman–Crippen MR) is 76.8 cm³/mol. The quantitative estimate of drug-likeness (QED) is 0.771. The molecule has 0 N–H and O–H groups in total. The van der Waals surface area contributed by atoms with Gasteiger partial charge in [-0.15, -0.1) is 0 Å². The molecule has 18 heavy (non-hydrogen) atoms.